The standard InChI is InChI=1S/C24H27BrF3N3O3/c1-13(15-7-6-8-17(21(15)26)24(27,28)23(3,4)32)29-22-16-11-20(34-10-9-33-5)18(25)12-19(16)30-14(2)31-22/h6-8,11-13,32H,9-10H2,1-5H3,(H,29,30,31)/t13-/m1/s1. The number of aliphatic hydroxyl groups is 1. The van der Waals surface area contributed by atoms with Gasteiger partial charge in [0.1, 0.15) is 35.4 Å². The third-order valence-corrected chi connectivity index (χ3v) is 5.98. The molecule has 1 atom stereocenters. The highest BCUT2D eigenvalue weighted by Gasteiger charge is 2.49. The average Bonchev–Trinajstić information content (AvgIpc) is 2.73. The minimum Gasteiger partial charge on any atom is -0.490 e. The lowest BCUT2D eigenvalue weighted by atomic mass is 9.91. The molecule has 10 heteroatoms. The Hall–Kier alpha value is -2.43. The lowest BCUT2D eigenvalue weighted by Crippen LogP contribution is -2.41. The first-order valence-electron chi connectivity index (χ1n) is 10.6. The van der Waals surface area contributed by atoms with Gasteiger partial charge in [0.2, 0.25) is 0 Å². The third kappa shape index (κ3) is 5.29. The number of ether oxygens (including phenoxy) is 2. The maximum atomic E-state index is 15.2. The first-order chi connectivity index (χ1) is 15.9. The minimum atomic E-state index is -3.79. The second-order valence-corrected chi connectivity index (χ2v) is 9.32. The van der Waals surface area contributed by atoms with Crippen LogP contribution in [0.25, 0.3) is 10.9 Å². The van der Waals surface area contributed by atoms with Crippen molar-refractivity contribution >= 4 is 32.7 Å². The Bertz CT molecular complexity index is 1190. The summed E-state index contributed by atoms with van der Waals surface area (Å²) in [7, 11) is 1.57. The van der Waals surface area contributed by atoms with Gasteiger partial charge in [0.05, 0.1) is 28.2 Å². The van der Waals surface area contributed by atoms with E-state index in [1.54, 1.807) is 33.1 Å². The lowest BCUT2D eigenvalue weighted by Gasteiger charge is -2.30. The minimum absolute atomic E-state index is 0.0134. The quantitative estimate of drug-likeness (QED) is 0.328. The Labute approximate surface area is 204 Å². The van der Waals surface area contributed by atoms with Gasteiger partial charge in [-0.3, -0.25) is 0 Å². The van der Waals surface area contributed by atoms with E-state index in [-0.39, 0.29) is 5.56 Å². The molecule has 34 heavy (non-hydrogen) atoms. The molecule has 2 N–H and O–H groups in total. The Balaban J connectivity index is 2.01. The van der Waals surface area contributed by atoms with Gasteiger partial charge in [0.25, 0.3) is 0 Å². The molecule has 2 aromatic carbocycles. The summed E-state index contributed by atoms with van der Waals surface area (Å²) >= 11 is 3.47. The summed E-state index contributed by atoms with van der Waals surface area (Å²) in [4.78, 5) is 8.89. The molecule has 0 spiro atoms. The van der Waals surface area contributed by atoms with Crippen molar-refractivity contribution in [3.8, 4) is 5.75 Å². The van der Waals surface area contributed by atoms with Crippen LogP contribution in [-0.2, 0) is 10.7 Å². The number of halogens is 4. The molecule has 0 bridgehead atoms. The van der Waals surface area contributed by atoms with E-state index in [0.29, 0.717) is 46.0 Å². The van der Waals surface area contributed by atoms with Crippen molar-refractivity contribution in [3.63, 3.8) is 0 Å². The van der Waals surface area contributed by atoms with Gasteiger partial charge in [-0.2, -0.15) is 8.78 Å². The van der Waals surface area contributed by atoms with Crippen LogP contribution in [0.15, 0.2) is 34.8 Å². The number of hydrogen-bond donors (Lipinski definition) is 2. The molecule has 0 aliphatic heterocycles. The molecular formula is C24H27BrF3N3O3. The summed E-state index contributed by atoms with van der Waals surface area (Å²) in [5.41, 5.74) is -2.67. The van der Waals surface area contributed by atoms with Crippen LogP contribution >= 0.6 is 15.9 Å². The first-order valence-corrected chi connectivity index (χ1v) is 11.4. The zero-order valence-corrected chi connectivity index (χ0v) is 21.1. The number of nitrogens with zero attached hydrogens (tertiary/aromatic N) is 2. The summed E-state index contributed by atoms with van der Waals surface area (Å²) in [6, 6.07) is 6.55. The van der Waals surface area contributed by atoms with E-state index in [4.69, 9.17) is 9.47 Å². The normalized spacial score (nSPS) is 13.2. The van der Waals surface area contributed by atoms with E-state index in [2.05, 4.69) is 31.2 Å². The summed E-state index contributed by atoms with van der Waals surface area (Å²) in [5, 5.41) is 13.6. The van der Waals surface area contributed by atoms with Crippen molar-refractivity contribution in [2.24, 2.45) is 0 Å². The van der Waals surface area contributed by atoms with Gasteiger partial charge in [-0.15, -0.1) is 0 Å². The van der Waals surface area contributed by atoms with Gasteiger partial charge in [0.15, 0.2) is 0 Å². The fourth-order valence-electron chi connectivity index (χ4n) is 3.44. The summed E-state index contributed by atoms with van der Waals surface area (Å²) in [6.07, 6.45) is 0. The van der Waals surface area contributed by atoms with Crippen molar-refractivity contribution < 1.29 is 27.8 Å². The van der Waals surface area contributed by atoms with Crippen molar-refractivity contribution in [2.75, 3.05) is 25.6 Å². The predicted molar refractivity (Wildman–Crippen MR) is 128 cm³/mol. The molecular weight excluding hydrogens is 515 g/mol. The van der Waals surface area contributed by atoms with Crippen LogP contribution in [0.1, 0.15) is 43.8 Å². The predicted octanol–water partition coefficient (Wildman–Crippen LogP) is 5.90. The number of alkyl halides is 2. The number of nitrogens with one attached hydrogen (secondary N) is 1. The number of rotatable bonds is 9. The van der Waals surface area contributed by atoms with E-state index in [1.165, 1.54) is 12.1 Å². The van der Waals surface area contributed by atoms with Crippen molar-refractivity contribution in [3.05, 3.63) is 57.6 Å². The highest BCUT2D eigenvalue weighted by Crippen LogP contribution is 2.41. The SMILES string of the molecule is COCCOc1cc2c(N[C@H](C)c3cccc(C(F)(F)C(C)(C)O)c3F)nc(C)nc2cc1Br. The smallest absolute Gasteiger partial charge is 0.303 e. The molecule has 0 aliphatic carbocycles. The lowest BCUT2D eigenvalue weighted by molar-refractivity contribution is -0.170. The topological polar surface area (TPSA) is 76.5 Å². The molecule has 1 aromatic heterocycles. The highest BCUT2D eigenvalue weighted by molar-refractivity contribution is 9.10. The van der Waals surface area contributed by atoms with E-state index < -0.39 is 28.9 Å². The summed E-state index contributed by atoms with van der Waals surface area (Å²) < 4.78 is 56.1. The largest absolute Gasteiger partial charge is 0.490 e. The molecule has 0 fully saturated rings. The van der Waals surface area contributed by atoms with Gasteiger partial charge in [0, 0.05) is 18.1 Å². The zero-order chi connectivity index (χ0) is 25.3. The van der Waals surface area contributed by atoms with Crippen molar-refractivity contribution in [2.45, 2.75) is 45.3 Å². The first kappa shape index (κ1) is 26.2. The van der Waals surface area contributed by atoms with E-state index >= 15 is 4.39 Å². The third-order valence-electron chi connectivity index (χ3n) is 5.36. The van der Waals surface area contributed by atoms with Crippen LogP contribution in [0.5, 0.6) is 5.75 Å². The van der Waals surface area contributed by atoms with Crippen LogP contribution in [0.4, 0.5) is 19.0 Å². The highest BCUT2D eigenvalue weighted by atomic mass is 79.9. The van der Waals surface area contributed by atoms with E-state index in [0.717, 1.165) is 19.9 Å². The average molecular weight is 542 g/mol. The Morgan fingerprint density at radius 3 is 2.53 bits per heavy atom. The number of benzene rings is 2. The van der Waals surface area contributed by atoms with Crippen molar-refractivity contribution in [1.29, 1.82) is 0 Å². The number of aryl methyl sites for hydroxylation is 1. The Morgan fingerprint density at radius 2 is 1.88 bits per heavy atom. The second kappa shape index (κ2) is 10.1. The van der Waals surface area contributed by atoms with Gasteiger partial charge in [-0.05, 0) is 61.8 Å². The fraction of sp³-hybridized carbons (Fsp3) is 0.417. The Kier molecular flexibility index (Phi) is 7.74. The molecule has 0 unspecified atom stereocenters. The number of hydrogen-bond acceptors (Lipinski definition) is 6. The zero-order valence-electron chi connectivity index (χ0n) is 19.5. The van der Waals surface area contributed by atoms with Crippen LogP contribution in [0.2, 0.25) is 0 Å². The number of fused-ring (bicyclic) bond motifs is 1. The number of aromatic nitrogens is 2. The molecule has 184 valence electrons. The van der Waals surface area contributed by atoms with Gasteiger partial charge in [-0.1, -0.05) is 12.1 Å². The maximum absolute atomic E-state index is 15.2. The molecule has 0 aliphatic rings. The van der Waals surface area contributed by atoms with Crippen LogP contribution in [0.3, 0.4) is 0 Å². The number of methoxy groups -OCH3 is 1. The maximum Gasteiger partial charge on any atom is 0.303 e. The molecule has 0 radical (unpaired) electrons. The molecule has 3 rings (SSSR count). The molecule has 0 saturated carbocycles. The molecule has 0 saturated heterocycles. The van der Waals surface area contributed by atoms with E-state index in [9.17, 15) is 13.9 Å². The number of anilines is 1. The summed E-state index contributed by atoms with van der Waals surface area (Å²) in [5.74, 6) is -3.45. The summed E-state index contributed by atoms with van der Waals surface area (Å²) in [6.45, 7) is 5.99. The van der Waals surface area contributed by atoms with Gasteiger partial charge < -0.3 is 19.9 Å². The van der Waals surface area contributed by atoms with Crippen LogP contribution < -0.4 is 10.1 Å². The molecule has 3 aromatic rings. The second-order valence-electron chi connectivity index (χ2n) is 8.47. The van der Waals surface area contributed by atoms with Crippen LogP contribution in [0, 0.1) is 12.7 Å². The molecule has 6 nitrogen and oxygen atoms in total. The van der Waals surface area contributed by atoms with Crippen LogP contribution in [-0.4, -0.2) is 41.0 Å². The Morgan fingerprint density at radius 1 is 1.18 bits per heavy atom. The molecule has 0 amide bonds. The molecule has 1 heterocycles. The fourth-order valence-corrected chi connectivity index (χ4v) is 3.89. The van der Waals surface area contributed by atoms with Gasteiger partial charge in [-0.25, -0.2) is 14.4 Å². The van der Waals surface area contributed by atoms with Crippen molar-refractivity contribution in [1.82, 2.24) is 9.97 Å². The van der Waals surface area contributed by atoms with E-state index in [1.807, 2.05) is 0 Å². The van der Waals surface area contributed by atoms with Gasteiger partial charge >= 0.3 is 5.92 Å². The monoisotopic (exact) mass is 541 g/mol.